The van der Waals surface area contributed by atoms with Crippen molar-refractivity contribution in [2.24, 2.45) is 0 Å². The van der Waals surface area contributed by atoms with Crippen molar-refractivity contribution < 1.29 is 4.74 Å². The summed E-state index contributed by atoms with van der Waals surface area (Å²) in [5.74, 6) is 1.22. The van der Waals surface area contributed by atoms with Crippen LogP contribution in [0.3, 0.4) is 0 Å². The van der Waals surface area contributed by atoms with Crippen LogP contribution in [0.5, 0.6) is 5.75 Å². The van der Waals surface area contributed by atoms with Gasteiger partial charge in [-0.25, -0.2) is 0 Å². The van der Waals surface area contributed by atoms with Crippen LogP contribution >= 0.6 is 35.4 Å². The Morgan fingerprint density at radius 2 is 1.89 bits per heavy atom. The molecule has 35 heavy (non-hydrogen) atoms. The largest absolute Gasteiger partial charge is 0.493 e. The molecule has 0 saturated heterocycles. The zero-order valence-electron chi connectivity index (χ0n) is 19.6. The van der Waals surface area contributed by atoms with E-state index in [1.165, 1.54) is 5.56 Å². The monoisotopic (exact) mass is 520 g/mol. The Balaban J connectivity index is 1.59. The number of aromatic nitrogens is 1. The number of pyridine rings is 1. The molecule has 0 amide bonds. The number of fused-ring (bicyclic) bond motifs is 2. The number of ether oxygens (including phenoxy) is 1. The van der Waals surface area contributed by atoms with Crippen LogP contribution < -0.4 is 10.1 Å². The molecular weight excluding hydrogens is 495 g/mol. The Hall–Kier alpha value is -2.66. The first-order chi connectivity index (χ1) is 17.0. The number of halogens is 2. The van der Waals surface area contributed by atoms with E-state index < -0.39 is 0 Å². The van der Waals surface area contributed by atoms with Crippen molar-refractivity contribution in [1.29, 1.82) is 0 Å². The van der Waals surface area contributed by atoms with Gasteiger partial charge in [-0.1, -0.05) is 85.7 Å². The van der Waals surface area contributed by atoms with Crippen molar-refractivity contribution in [3.63, 3.8) is 0 Å². The van der Waals surface area contributed by atoms with Gasteiger partial charge in [0.15, 0.2) is 0 Å². The third-order valence-electron chi connectivity index (χ3n) is 6.73. The average molecular weight is 522 g/mol. The maximum Gasteiger partial charge on any atom is 0.124 e. The van der Waals surface area contributed by atoms with Crippen LogP contribution in [0.1, 0.15) is 55.3 Å². The predicted octanol–water partition coefficient (Wildman–Crippen LogP) is 8.51. The highest BCUT2D eigenvalue weighted by molar-refractivity contribution is 7.80. The average Bonchev–Trinajstić information content (AvgIpc) is 2.86. The minimum atomic E-state index is 0.105. The lowest BCUT2D eigenvalue weighted by Gasteiger charge is -2.28. The lowest BCUT2D eigenvalue weighted by molar-refractivity contribution is 0.262. The van der Waals surface area contributed by atoms with E-state index in [2.05, 4.69) is 43.4 Å². The summed E-state index contributed by atoms with van der Waals surface area (Å²) in [6.07, 6.45) is 3.76. The van der Waals surface area contributed by atoms with Crippen LogP contribution in [-0.4, -0.2) is 16.6 Å². The van der Waals surface area contributed by atoms with E-state index in [0.29, 0.717) is 27.6 Å². The number of nitrogens with zero attached hydrogens (tertiary/aromatic N) is 1. The summed E-state index contributed by atoms with van der Waals surface area (Å²) in [6.45, 7) is 5.11. The number of para-hydroxylation sites is 2. The molecule has 3 nitrogen and oxygen atoms in total. The van der Waals surface area contributed by atoms with E-state index in [1.54, 1.807) is 6.07 Å². The molecule has 1 aliphatic heterocycles. The summed E-state index contributed by atoms with van der Waals surface area (Å²) in [5, 5.41) is 5.92. The first kappa shape index (κ1) is 24.1. The lowest BCUT2D eigenvalue weighted by Crippen LogP contribution is -2.32. The highest BCUT2D eigenvalue weighted by Crippen LogP contribution is 2.37. The summed E-state index contributed by atoms with van der Waals surface area (Å²) in [5.41, 5.74) is 6.20. The summed E-state index contributed by atoms with van der Waals surface area (Å²) in [7, 11) is 0. The molecule has 1 N–H and O–H groups in total. The summed E-state index contributed by atoms with van der Waals surface area (Å²) >= 11 is 18.6. The van der Waals surface area contributed by atoms with Gasteiger partial charge in [-0.2, -0.15) is 0 Å². The first-order valence-electron chi connectivity index (χ1n) is 11.9. The van der Waals surface area contributed by atoms with Crippen LogP contribution in [-0.2, 0) is 0 Å². The lowest BCUT2D eigenvalue weighted by atomic mass is 9.89. The Kier molecular flexibility index (Phi) is 6.97. The Morgan fingerprint density at radius 3 is 2.66 bits per heavy atom. The van der Waals surface area contributed by atoms with Gasteiger partial charge in [-0.15, -0.1) is 0 Å². The molecule has 178 valence electrons. The number of rotatable bonds is 5. The molecule has 0 aliphatic carbocycles. The molecule has 1 aliphatic rings. The van der Waals surface area contributed by atoms with Crippen molar-refractivity contribution in [2.75, 3.05) is 6.61 Å². The van der Waals surface area contributed by atoms with E-state index in [9.17, 15) is 0 Å². The number of nitrogens with one attached hydrogen (secondary N) is 1. The topological polar surface area (TPSA) is 34.1 Å². The first-order valence-corrected chi connectivity index (χ1v) is 13.0. The highest BCUT2D eigenvalue weighted by atomic mass is 35.5. The number of hydrogen-bond donors (Lipinski definition) is 1. The van der Waals surface area contributed by atoms with Gasteiger partial charge in [0, 0.05) is 44.7 Å². The van der Waals surface area contributed by atoms with Crippen LogP contribution in [0.4, 0.5) is 0 Å². The molecule has 3 aromatic carbocycles. The predicted molar refractivity (Wildman–Crippen MR) is 150 cm³/mol. The van der Waals surface area contributed by atoms with E-state index in [-0.39, 0.29) is 6.04 Å². The van der Waals surface area contributed by atoms with Gasteiger partial charge in [0.1, 0.15) is 10.7 Å². The van der Waals surface area contributed by atoms with E-state index in [1.807, 2.05) is 36.5 Å². The Morgan fingerprint density at radius 1 is 1.11 bits per heavy atom. The number of benzene rings is 3. The van der Waals surface area contributed by atoms with Crippen molar-refractivity contribution >= 4 is 51.3 Å². The zero-order chi connectivity index (χ0) is 24.5. The fourth-order valence-electron chi connectivity index (χ4n) is 4.83. The molecule has 4 aromatic rings. The van der Waals surface area contributed by atoms with Crippen LogP contribution in [0, 0.1) is 0 Å². The molecule has 0 bridgehead atoms. The van der Waals surface area contributed by atoms with Gasteiger partial charge in [0.2, 0.25) is 0 Å². The van der Waals surface area contributed by atoms with Crippen LogP contribution in [0.2, 0.25) is 10.0 Å². The van der Waals surface area contributed by atoms with Gasteiger partial charge in [0.25, 0.3) is 0 Å². The fraction of sp³-hybridized carbons (Fsp3) is 0.241. The molecule has 0 spiro atoms. The second-order valence-corrected chi connectivity index (χ2v) is 10.2. The van der Waals surface area contributed by atoms with Gasteiger partial charge in [-0.05, 0) is 47.7 Å². The van der Waals surface area contributed by atoms with Crippen LogP contribution in [0.25, 0.3) is 22.0 Å². The molecule has 0 saturated carbocycles. The molecule has 0 fully saturated rings. The SMILES string of the molecule is CCC(C)c1c(C(=S)N[C@H]2CCOc3ccccc32)cnc2c(-c3cc(Cl)cc(Cl)c3)cccc12. The third-order valence-corrected chi connectivity index (χ3v) is 7.50. The molecule has 2 atom stereocenters. The maximum atomic E-state index is 6.31. The third kappa shape index (κ3) is 4.75. The molecule has 2 heterocycles. The van der Waals surface area contributed by atoms with E-state index >= 15 is 0 Å². The van der Waals surface area contributed by atoms with Crippen molar-refractivity contribution in [1.82, 2.24) is 10.3 Å². The molecule has 0 radical (unpaired) electrons. The molecule has 5 rings (SSSR count). The standard InChI is InChI=1S/C29H26Cl2N2OS/c1-3-17(2)27-23-9-6-8-21(18-13-19(30)15-20(31)14-18)28(23)32-16-24(27)29(35)33-25-11-12-34-26-10-5-4-7-22(25)26/h4-10,13-17,25H,3,11-12H2,1-2H3,(H,33,35)/t17?,25-/m0/s1. The molecular formula is C29H26Cl2N2OS. The minimum absolute atomic E-state index is 0.105. The Labute approximate surface area is 221 Å². The van der Waals surface area contributed by atoms with Gasteiger partial charge in [0.05, 0.1) is 18.2 Å². The van der Waals surface area contributed by atoms with Crippen molar-refractivity contribution in [2.45, 2.75) is 38.6 Å². The maximum absolute atomic E-state index is 6.31. The van der Waals surface area contributed by atoms with E-state index in [4.69, 9.17) is 45.1 Å². The van der Waals surface area contributed by atoms with E-state index in [0.717, 1.165) is 51.7 Å². The fourth-order valence-corrected chi connectivity index (χ4v) is 5.66. The summed E-state index contributed by atoms with van der Waals surface area (Å²) < 4.78 is 5.84. The number of hydrogen-bond acceptors (Lipinski definition) is 3. The summed E-state index contributed by atoms with van der Waals surface area (Å²) in [4.78, 5) is 5.63. The second-order valence-electron chi connectivity index (χ2n) is 8.96. The molecule has 6 heteroatoms. The second kappa shape index (κ2) is 10.1. The van der Waals surface area contributed by atoms with Crippen LogP contribution in [0.15, 0.2) is 66.9 Å². The summed E-state index contributed by atoms with van der Waals surface area (Å²) in [6, 6.07) is 20.1. The molecule has 1 aromatic heterocycles. The highest BCUT2D eigenvalue weighted by Gasteiger charge is 2.24. The number of thiocarbonyl (C=S) groups is 1. The van der Waals surface area contributed by atoms with Gasteiger partial charge >= 0.3 is 0 Å². The quantitative estimate of drug-likeness (QED) is 0.267. The van der Waals surface area contributed by atoms with Crippen molar-refractivity contribution in [3.05, 3.63) is 93.6 Å². The smallest absolute Gasteiger partial charge is 0.124 e. The Bertz CT molecular complexity index is 1400. The minimum Gasteiger partial charge on any atom is -0.493 e. The van der Waals surface area contributed by atoms with Gasteiger partial charge in [-0.3, -0.25) is 4.98 Å². The van der Waals surface area contributed by atoms with Crippen molar-refractivity contribution in [3.8, 4) is 16.9 Å². The van der Waals surface area contributed by atoms with Gasteiger partial charge < -0.3 is 10.1 Å². The normalized spacial score (nSPS) is 15.8. The zero-order valence-corrected chi connectivity index (χ0v) is 22.0. The molecule has 1 unspecified atom stereocenters.